The number of aromatic nitrogens is 1. The van der Waals surface area contributed by atoms with Gasteiger partial charge in [0, 0.05) is 18.0 Å². The van der Waals surface area contributed by atoms with Crippen molar-refractivity contribution in [2.45, 2.75) is 26.3 Å². The van der Waals surface area contributed by atoms with Gasteiger partial charge in [0.15, 0.2) is 0 Å². The van der Waals surface area contributed by atoms with Crippen LogP contribution in [-0.4, -0.2) is 12.2 Å². The fourth-order valence-electron chi connectivity index (χ4n) is 2.09. The van der Waals surface area contributed by atoms with Crippen LogP contribution >= 0.6 is 0 Å². The molecule has 0 aromatic carbocycles. The molecule has 1 aliphatic rings. The Kier molecular flexibility index (Phi) is 1.68. The minimum atomic E-state index is 0.436. The maximum Gasteiger partial charge on any atom is 0.142 e. The number of nitrogens with one attached hydrogen (secondary N) is 1. The van der Waals surface area contributed by atoms with Crippen molar-refractivity contribution in [2.75, 3.05) is 7.05 Å². The van der Waals surface area contributed by atoms with E-state index < -0.39 is 0 Å². The lowest BCUT2D eigenvalue weighted by molar-refractivity contribution is 0.359. The third kappa shape index (κ3) is 0.894. The van der Waals surface area contributed by atoms with Crippen LogP contribution in [0.3, 0.4) is 0 Å². The first-order valence-corrected chi connectivity index (χ1v) is 4.36. The molecule has 12 heavy (non-hydrogen) atoms. The molecule has 1 N–H and O–H groups in total. The molecule has 0 amide bonds. The van der Waals surface area contributed by atoms with Gasteiger partial charge < -0.3 is 9.84 Å². The number of aryl methyl sites for hydroxylation is 1. The predicted octanol–water partition coefficient (Wildman–Crippen LogP) is 1.44. The van der Waals surface area contributed by atoms with Crippen molar-refractivity contribution in [1.82, 2.24) is 10.5 Å². The molecule has 3 nitrogen and oxygen atoms in total. The Morgan fingerprint density at radius 3 is 3.00 bits per heavy atom. The van der Waals surface area contributed by atoms with Gasteiger partial charge in [0.25, 0.3) is 0 Å². The molecule has 2 rings (SSSR count). The highest BCUT2D eigenvalue weighted by atomic mass is 16.5. The van der Waals surface area contributed by atoms with Gasteiger partial charge >= 0.3 is 0 Å². The van der Waals surface area contributed by atoms with Crippen LogP contribution in [0.25, 0.3) is 0 Å². The van der Waals surface area contributed by atoms with Crippen LogP contribution in [0.1, 0.15) is 30.0 Å². The largest absolute Gasteiger partial charge is 0.361 e. The highest BCUT2D eigenvalue weighted by Crippen LogP contribution is 2.37. The van der Waals surface area contributed by atoms with Crippen molar-refractivity contribution in [1.29, 1.82) is 0 Å². The van der Waals surface area contributed by atoms with Gasteiger partial charge in [0.1, 0.15) is 5.76 Å². The summed E-state index contributed by atoms with van der Waals surface area (Å²) in [5.41, 5.74) is 2.32. The SMILES string of the molecule is CNC1c2c(C)noc2CC1C. The number of hydrogen-bond donors (Lipinski definition) is 1. The highest BCUT2D eigenvalue weighted by molar-refractivity contribution is 5.31. The Morgan fingerprint density at radius 2 is 2.33 bits per heavy atom. The van der Waals surface area contributed by atoms with E-state index in [4.69, 9.17) is 4.52 Å². The summed E-state index contributed by atoms with van der Waals surface area (Å²) in [6, 6.07) is 0.436. The Hall–Kier alpha value is -0.830. The van der Waals surface area contributed by atoms with Crippen molar-refractivity contribution in [3.05, 3.63) is 17.0 Å². The molecule has 2 unspecified atom stereocenters. The second-order valence-electron chi connectivity index (χ2n) is 3.55. The quantitative estimate of drug-likeness (QED) is 0.686. The van der Waals surface area contributed by atoms with Gasteiger partial charge in [-0.3, -0.25) is 0 Å². The highest BCUT2D eigenvalue weighted by Gasteiger charge is 2.33. The van der Waals surface area contributed by atoms with Crippen LogP contribution in [0, 0.1) is 12.8 Å². The molecule has 0 bridgehead atoms. The third-order valence-corrected chi connectivity index (χ3v) is 2.68. The average molecular weight is 166 g/mol. The third-order valence-electron chi connectivity index (χ3n) is 2.68. The van der Waals surface area contributed by atoms with Gasteiger partial charge in [-0.05, 0) is 19.9 Å². The number of nitrogens with zero attached hydrogens (tertiary/aromatic N) is 1. The molecule has 0 aliphatic heterocycles. The normalized spacial score (nSPS) is 27.6. The molecule has 66 valence electrons. The summed E-state index contributed by atoms with van der Waals surface area (Å²) in [6.45, 7) is 4.24. The maximum atomic E-state index is 5.22. The standard InChI is InChI=1S/C9H14N2O/c1-5-4-7-8(9(5)10-3)6(2)11-12-7/h5,9-10H,4H2,1-3H3. The molecule has 0 spiro atoms. The van der Waals surface area contributed by atoms with E-state index in [-0.39, 0.29) is 0 Å². The van der Waals surface area contributed by atoms with Crippen LogP contribution in [0.5, 0.6) is 0 Å². The van der Waals surface area contributed by atoms with E-state index in [2.05, 4.69) is 17.4 Å². The molecule has 0 saturated carbocycles. The summed E-state index contributed by atoms with van der Waals surface area (Å²) >= 11 is 0. The first kappa shape index (κ1) is 7.80. The van der Waals surface area contributed by atoms with E-state index in [1.165, 1.54) is 5.56 Å². The molecule has 0 fully saturated rings. The lowest BCUT2D eigenvalue weighted by Crippen LogP contribution is -2.20. The second-order valence-corrected chi connectivity index (χ2v) is 3.55. The Balaban J connectivity index is 2.43. The molecule has 3 heteroatoms. The lowest BCUT2D eigenvalue weighted by Gasteiger charge is -2.14. The van der Waals surface area contributed by atoms with Gasteiger partial charge in [-0.25, -0.2) is 0 Å². The van der Waals surface area contributed by atoms with Crippen LogP contribution in [0.15, 0.2) is 4.52 Å². The van der Waals surface area contributed by atoms with Crippen molar-refractivity contribution in [3.63, 3.8) is 0 Å². The van der Waals surface area contributed by atoms with E-state index in [1.54, 1.807) is 0 Å². The van der Waals surface area contributed by atoms with E-state index in [0.717, 1.165) is 17.9 Å². The van der Waals surface area contributed by atoms with Crippen molar-refractivity contribution in [3.8, 4) is 0 Å². The zero-order chi connectivity index (χ0) is 8.72. The molecule has 0 radical (unpaired) electrons. The first-order valence-electron chi connectivity index (χ1n) is 4.36. The van der Waals surface area contributed by atoms with E-state index in [0.29, 0.717) is 12.0 Å². The monoisotopic (exact) mass is 166 g/mol. The fraction of sp³-hybridized carbons (Fsp3) is 0.667. The maximum absolute atomic E-state index is 5.22. The van der Waals surface area contributed by atoms with Crippen LogP contribution in [-0.2, 0) is 6.42 Å². The smallest absolute Gasteiger partial charge is 0.142 e. The minimum Gasteiger partial charge on any atom is -0.361 e. The van der Waals surface area contributed by atoms with Crippen LogP contribution in [0.4, 0.5) is 0 Å². The summed E-state index contributed by atoms with van der Waals surface area (Å²) in [7, 11) is 1.99. The van der Waals surface area contributed by atoms with E-state index in [9.17, 15) is 0 Å². The molecule has 0 saturated heterocycles. The lowest BCUT2D eigenvalue weighted by atomic mass is 10.0. The zero-order valence-electron chi connectivity index (χ0n) is 7.72. The van der Waals surface area contributed by atoms with Crippen molar-refractivity contribution < 1.29 is 4.52 Å². The molecular weight excluding hydrogens is 152 g/mol. The van der Waals surface area contributed by atoms with Crippen LogP contribution < -0.4 is 5.32 Å². The summed E-state index contributed by atoms with van der Waals surface area (Å²) in [5.74, 6) is 1.70. The topological polar surface area (TPSA) is 38.1 Å². The summed E-state index contributed by atoms with van der Waals surface area (Å²) in [6.07, 6.45) is 1.02. The molecule has 1 heterocycles. The number of hydrogen-bond acceptors (Lipinski definition) is 3. The van der Waals surface area contributed by atoms with Gasteiger partial charge in [0.2, 0.25) is 0 Å². The van der Waals surface area contributed by atoms with Gasteiger partial charge in [-0.1, -0.05) is 12.1 Å². The zero-order valence-corrected chi connectivity index (χ0v) is 7.72. The van der Waals surface area contributed by atoms with Crippen molar-refractivity contribution >= 4 is 0 Å². The van der Waals surface area contributed by atoms with Gasteiger partial charge in [-0.15, -0.1) is 0 Å². The van der Waals surface area contributed by atoms with E-state index in [1.807, 2.05) is 14.0 Å². The summed E-state index contributed by atoms with van der Waals surface area (Å²) in [5, 5.41) is 7.25. The van der Waals surface area contributed by atoms with Crippen LogP contribution in [0.2, 0.25) is 0 Å². The Morgan fingerprint density at radius 1 is 1.58 bits per heavy atom. The second kappa shape index (κ2) is 2.59. The first-order chi connectivity index (χ1) is 5.74. The number of fused-ring (bicyclic) bond motifs is 1. The molecule has 1 aromatic heterocycles. The predicted molar refractivity (Wildman–Crippen MR) is 45.9 cm³/mol. The Bertz CT molecular complexity index is 293. The fourth-order valence-corrected chi connectivity index (χ4v) is 2.09. The minimum absolute atomic E-state index is 0.436. The van der Waals surface area contributed by atoms with E-state index >= 15 is 0 Å². The van der Waals surface area contributed by atoms with Gasteiger partial charge in [0.05, 0.1) is 5.69 Å². The average Bonchev–Trinajstić information content (AvgIpc) is 2.52. The molecular formula is C9H14N2O. The summed E-state index contributed by atoms with van der Waals surface area (Å²) in [4.78, 5) is 0. The molecule has 1 aliphatic carbocycles. The molecule has 1 aromatic rings. The molecule has 2 atom stereocenters. The Labute approximate surface area is 72.1 Å². The summed E-state index contributed by atoms with van der Waals surface area (Å²) < 4.78 is 5.22. The number of rotatable bonds is 1. The van der Waals surface area contributed by atoms with Gasteiger partial charge in [-0.2, -0.15) is 0 Å². The van der Waals surface area contributed by atoms with Crippen molar-refractivity contribution in [2.24, 2.45) is 5.92 Å².